The van der Waals surface area contributed by atoms with E-state index in [1.54, 1.807) is 25.3 Å². The summed E-state index contributed by atoms with van der Waals surface area (Å²) < 4.78 is 10.9. The van der Waals surface area contributed by atoms with Crippen LogP contribution in [0.25, 0.3) is 0 Å². The third-order valence-corrected chi connectivity index (χ3v) is 2.92. The van der Waals surface area contributed by atoms with E-state index in [-0.39, 0.29) is 12.0 Å². The second-order valence-electron chi connectivity index (χ2n) is 5.09. The molecule has 0 aliphatic rings. The van der Waals surface area contributed by atoms with Crippen molar-refractivity contribution in [2.75, 3.05) is 13.7 Å². The van der Waals surface area contributed by atoms with Gasteiger partial charge in [-0.25, -0.2) is 0 Å². The summed E-state index contributed by atoms with van der Waals surface area (Å²) in [6.07, 6.45) is 1.60. The van der Waals surface area contributed by atoms with Gasteiger partial charge in [-0.05, 0) is 44.4 Å². The molecule has 1 aromatic carbocycles. The molecule has 4 nitrogen and oxygen atoms in total. The Balaban J connectivity index is 2.52. The van der Waals surface area contributed by atoms with E-state index in [2.05, 4.69) is 6.07 Å². The van der Waals surface area contributed by atoms with Crippen LogP contribution in [0.15, 0.2) is 18.2 Å². The highest BCUT2D eigenvalue weighted by Gasteiger charge is 2.16. The molecule has 0 bridgehead atoms. The van der Waals surface area contributed by atoms with Crippen LogP contribution in [-0.4, -0.2) is 18.8 Å². The van der Waals surface area contributed by atoms with Gasteiger partial charge in [0.15, 0.2) is 11.5 Å². The zero-order valence-corrected chi connectivity index (χ0v) is 11.8. The monoisotopic (exact) mass is 263 g/mol. The summed E-state index contributed by atoms with van der Waals surface area (Å²) >= 11 is 0. The van der Waals surface area contributed by atoms with E-state index in [0.717, 1.165) is 18.4 Å². The van der Waals surface area contributed by atoms with E-state index in [1.165, 1.54) is 0 Å². The van der Waals surface area contributed by atoms with Crippen molar-refractivity contribution in [2.45, 2.75) is 33.3 Å². The Morgan fingerprint density at radius 3 is 2.63 bits per heavy atom. The van der Waals surface area contributed by atoms with Crippen LogP contribution in [0, 0.1) is 16.7 Å². The van der Waals surface area contributed by atoms with Gasteiger partial charge in [-0.15, -0.1) is 0 Å². The molecule has 0 aliphatic heterocycles. The van der Waals surface area contributed by atoms with Crippen LogP contribution in [0.1, 0.15) is 32.3 Å². The minimum absolute atomic E-state index is 0.0208. The molecule has 4 heteroatoms. The Labute approximate surface area is 114 Å². The Hall–Kier alpha value is -1.73. The molecule has 0 atom stereocenters. The first-order chi connectivity index (χ1) is 9.02. The number of nitrogens with zero attached hydrogens (tertiary/aromatic N) is 1. The molecule has 0 aliphatic carbocycles. The highest BCUT2D eigenvalue weighted by molar-refractivity contribution is 5.42. The van der Waals surface area contributed by atoms with Crippen molar-refractivity contribution in [3.05, 3.63) is 23.8 Å². The maximum absolute atomic E-state index is 9.05. The minimum atomic E-state index is -0.311. The van der Waals surface area contributed by atoms with Crippen molar-refractivity contribution in [3.8, 4) is 17.6 Å². The maximum Gasteiger partial charge on any atom is 0.161 e. The first-order valence-corrected chi connectivity index (χ1v) is 6.34. The predicted molar refractivity (Wildman–Crippen MR) is 73.0 cm³/mol. The largest absolute Gasteiger partial charge is 0.493 e. The van der Waals surface area contributed by atoms with Crippen LogP contribution >= 0.6 is 0 Å². The van der Waals surface area contributed by atoms with Gasteiger partial charge in [-0.2, -0.15) is 5.26 Å². The fourth-order valence-corrected chi connectivity index (χ4v) is 1.68. The third kappa shape index (κ3) is 4.80. The quantitative estimate of drug-likeness (QED) is 0.768. The zero-order chi connectivity index (χ0) is 14.3. The highest BCUT2D eigenvalue weighted by atomic mass is 16.5. The van der Waals surface area contributed by atoms with Crippen LogP contribution in [0.4, 0.5) is 0 Å². The van der Waals surface area contributed by atoms with Gasteiger partial charge in [0.25, 0.3) is 0 Å². The molecule has 0 unspecified atom stereocenters. The average molecular weight is 263 g/mol. The number of methoxy groups -OCH3 is 1. The number of nitriles is 1. The molecule has 0 fully saturated rings. The number of hydrogen-bond acceptors (Lipinski definition) is 4. The Morgan fingerprint density at radius 2 is 2.05 bits per heavy atom. The summed E-state index contributed by atoms with van der Waals surface area (Å²) in [5.74, 6) is 1.28. The smallest absolute Gasteiger partial charge is 0.161 e. The lowest BCUT2D eigenvalue weighted by Crippen LogP contribution is -2.10. The van der Waals surface area contributed by atoms with E-state index >= 15 is 0 Å². The van der Waals surface area contributed by atoms with Crippen LogP contribution in [0.3, 0.4) is 0 Å². The van der Waals surface area contributed by atoms with Gasteiger partial charge in [0, 0.05) is 0 Å². The standard InChI is InChI=1S/C15H21NO3/c1-15(2,11-16)7-4-8-19-13-6-5-12(10-17)9-14(13)18-3/h5-6,9,17H,4,7-8,10H2,1-3H3. The van der Waals surface area contributed by atoms with E-state index in [1.807, 2.05) is 13.8 Å². The first-order valence-electron chi connectivity index (χ1n) is 6.34. The van der Waals surface area contributed by atoms with Crippen LogP contribution in [0.5, 0.6) is 11.5 Å². The number of aliphatic hydroxyl groups excluding tert-OH is 1. The molecular formula is C15H21NO3. The lowest BCUT2D eigenvalue weighted by Gasteiger charge is -2.16. The Bertz CT molecular complexity index is 449. The number of rotatable bonds is 7. The lowest BCUT2D eigenvalue weighted by molar-refractivity contribution is 0.266. The molecule has 19 heavy (non-hydrogen) atoms. The molecule has 1 rings (SSSR count). The molecule has 1 aromatic rings. The molecule has 0 amide bonds. The van der Waals surface area contributed by atoms with Crippen LogP contribution in [0.2, 0.25) is 0 Å². The molecule has 0 saturated heterocycles. The molecule has 0 saturated carbocycles. The lowest BCUT2D eigenvalue weighted by atomic mass is 9.90. The van der Waals surface area contributed by atoms with E-state index in [9.17, 15) is 0 Å². The second-order valence-corrected chi connectivity index (χ2v) is 5.09. The first kappa shape index (κ1) is 15.3. The predicted octanol–water partition coefficient (Wildman–Crippen LogP) is 2.90. The summed E-state index contributed by atoms with van der Waals surface area (Å²) in [6.45, 7) is 4.36. The molecule has 1 N–H and O–H groups in total. The second kappa shape index (κ2) is 7.01. The van der Waals surface area contributed by atoms with Crippen molar-refractivity contribution >= 4 is 0 Å². The highest BCUT2D eigenvalue weighted by Crippen LogP contribution is 2.29. The Kier molecular flexibility index (Phi) is 5.65. The fourth-order valence-electron chi connectivity index (χ4n) is 1.68. The molecule has 0 radical (unpaired) electrons. The SMILES string of the molecule is COc1cc(CO)ccc1OCCCC(C)(C)C#N. The van der Waals surface area contributed by atoms with Gasteiger partial charge in [-0.1, -0.05) is 6.07 Å². The van der Waals surface area contributed by atoms with Crippen molar-refractivity contribution in [3.63, 3.8) is 0 Å². The number of hydrogen-bond donors (Lipinski definition) is 1. The van der Waals surface area contributed by atoms with Crippen molar-refractivity contribution in [1.82, 2.24) is 0 Å². The van der Waals surface area contributed by atoms with E-state index in [4.69, 9.17) is 19.8 Å². The van der Waals surface area contributed by atoms with E-state index in [0.29, 0.717) is 18.1 Å². The average Bonchev–Trinajstić information content (AvgIpc) is 2.43. The number of ether oxygens (including phenoxy) is 2. The molecule has 0 spiro atoms. The normalized spacial score (nSPS) is 10.9. The van der Waals surface area contributed by atoms with Gasteiger partial charge in [0.1, 0.15) is 0 Å². The molecular weight excluding hydrogens is 242 g/mol. The zero-order valence-electron chi connectivity index (χ0n) is 11.8. The minimum Gasteiger partial charge on any atom is -0.493 e. The van der Waals surface area contributed by atoms with Crippen LogP contribution < -0.4 is 9.47 Å². The fraction of sp³-hybridized carbons (Fsp3) is 0.533. The summed E-state index contributed by atoms with van der Waals surface area (Å²) in [4.78, 5) is 0. The van der Waals surface area contributed by atoms with Gasteiger partial charge >= 0.3 is 0 Å². The van der Waals surface area contributed by atoms with Crippen molar-refractivity contribution in [1.29, 1.82) is 5.26 Å². The summed E-state index contributed by atoms with van der Waals surface area (Å²) in [7, 11) is 1.57. The van der Waals surface area contributed by atoms with Gasteiger partial charge < -0.3 is 14.6 Å². The number of aliphatic hydroxyl groups is 1. The van der Waals surface area contributed by atoms with Gasteiger partial charge in [0.05, 0.1) is 31.8 Å². The topological polar surface area (TPSA) is 62.5 Å². The van der Waals surface area contributed by atoms with Crippen LogP contribution in [-0.2, 0) is 6.61 Å². The van der Waals surface area contributed by atoms with Crippen molar-refractivity contribution < 1.29 is 14.6 Å². The van der Waals surface area contributed by atoms with E-state index < -0.39 is 0 Å². The van der Waals surface area contributed by atoms with Gasteiger partial charge in [-0.3, -0.25) is 0 Å². The summed E-state index contributed by atoms with van der Waals surface area (Å²) in [5.41, 5.74) is 0.476. The third-order valence-electron chi connectivity index (χ3n) is 2.92. The molecule has 0 heterocycles. The maximum atomic E-state index is 9.05. The number of benzene rings is 1. The van der Waals surface area contributed by atoms with Crippen molar-refractivity contribution in [2.24, 2.45) is 5.41 Å². The molecule has 104 valence electrons. The van der Waals surface area contributed by atoms with Gasteiger partial charge in [0.2, 0.25) is 0 Å². The summed E-state index contributed by atoms with van der Waals surface area (Å²) in [6, 6.07) is 7.62. The molecule has 0 aromatic heterocycles. The Morgan fingerprint density at radius 1 is 1.32 bits per heavy atom. The summed E-state index contributed by atoms with van der Waals surface area (Å²) in [5, 5.41) is 18.0.